The average Bonchev–Trinajstić information content (AvgIpc) is 3.05. The average molecular weight is 399 g/mol. The SMILES string of the molecule is C=CCN1C(=O)/C(=C/c2cc(C)n(-c3ccccc3C(=O)O)c2C)SC1=S. The summed E-state index contributed by atoms with van der Waals surface area (Å²) in [6.07, 6.45) is 3.45. The molecule has 1 aromatic heterocycles. The number of hydrogen-bond donors (Lipinski definition) is 1. The molecule has 27 heavy (non-hydrogen) atoms. The molecule has 1 amide bonds. The van der Waals surface area contributed by atoms with Crippen LogP contribution in [0.2, 0.25) is 0 Å². The van der Waals surface area contributed by atoms with Crippen molar-refractivity contribution in [3.8, 4) is 5.69 Å². The second kappa shape index (κ2) is 7.54. The summed E-state index contributed by atoms with van der Waals surface area (Å²) in [4.78, 5) is 26.2. The van der Waals surface area contributed by atoms with E-state index in [0.29, 0.717) is 21.5 Å². The Morgan fingerprint density at radius 1 is 1.33 bits per heavy atom. The van der Waals surface area contributed by atoms with Crippen molar-refractivity contribution in [3.05, 3.63) is 70.4 Å². The summed E-state index contributed by atoms with van der Waals surface area (Å²) < 4.78 is 2.40. The number of aromatic nitrogens is 1. The van der Waals surface area contributed by atoms with Gasteiger partial charge in [-0.15, -0.1) is 6.58 Å². The number of carbonyl (C=O) groups is 2. The number of carbonyl (C=O) groups excluding carboxylic acids is 1. The molecule has 1 fully saturated rings. The number of carboxylic acids is 1. The summed E-state index contributed by atoms with van der Waals surface area (Å²) in [5.74, 6) is -1.12. The van der Waals surface area contributed by atoms with E-state index in [2.05, 4.69) is 6.58 Å². The van der Waals surface area contributed by atoms with Crippen LogP contribution in [0.1, 0.15) is 27.3 Å². The van der Waals surface area contributed by atoms with E-state index < -0.39 is 5.97 Å². The first-order chi connectivity index (χ1) is 12.8. The van der Waals surface area contributed by atoms with Gasteiger partial charge in [0.25, 0.3) is 5.91 Å². The van der Waals surface area contributed by atoms with Crippen molar-refractivity contribution in [3.63, 3.8) is 0 Å². The molecule has 2 aromatic rings. The van der Waals surface area contributed by atoms with E-state index in [1.54, 1.807) is 30.3 Å². The van der Waals surface area contributed by atoms with Gasteiger partial charge in [-0.25, -0.2) is 4.79 Å². The lowest BCUT2D eigenvalue weighted by atomic mass is 10.1. The number of para-hydroxylation sites is 1. The van der Waals surface area contributed by atoms with E-state index in [-0.39, 0.29) is 11.5 Å². The number of carboxylic acid groups (broad SMARTS) is 1. The quantitative estimate of drug-likeness (QED) is 0.465. The fourth-order valence-corrected chi connectivity index (χ4v) is 4.35. The van der Waals surface area contributed by atoms with Gasteiger partial charge in [0, 0.05) is 17.9 Å². The van der Waals surface area contributed by atoms with Crippen LogP contribution in [0.25, 0.3) is 11.8 Å². The molecule has 1 N–H and O–H groups in total. The molecule has 1 saturated heterocycles. The molecule has 0 spiro atoms. The van der Waals surface area contributed by atoms with Crippen LogP contribution in [-0.2, 0) is 4.79 Å². The van der Waals surface area contributed by atoms with Crippen LogP contribution in [0.4, 0.5) is 0 Å². The predicted octanol–water partition coefficient (Wildman–Crippen LogP) is 4.18. The monoisotopic (exact) mass is 398 g/mol. The van der Waals surface area contributed by atoms with Gasteiger partial charge in [0.2, 0.25) is 0 Å². The minimum Gasteiger partial charge on any atom is -0.478 e. The highest BCUT2D eigenvalue weighted by Crippen LogP contribution is 2.34. The summed E-state index contributed by atoms with van der Waals surface area (Å²) in [5, 5.41) is 9.49. The van der Waals surface area contributed by atoms with Gasteiger partial charge >= 0.3 is 5.97 Å². The van der Waals surface area contributed by atoms with Crippen molar-refractivity contribution in [2.75, 3.05) is 6.54 Å². The first kappa shape index (κ1) is 19.1. The number of aromatic carboxylic acids is 1. The van der Waals surface area contributed by atoms with Gasteiger partial charge in [-0.1, -0.05) is 42.2 Å². The van der Waals surface area contributed by atoms with Crippen LogP contribution in [0.15, 0.2) is 47.9 Å². The van der Waals surface area contributed by atoms with Crippen molar-refractivity contribution in [2.24, 2.45) is 0 Å². The van der Waals surface area contributed by atoms with Gasteiger partial charge in [-0.3, -0.25) is 9.69 Å². The van der Waals surface area contributed by atoms with Crippen molar-refractivity contribution in [2.45, 2.75) is 13.8 Å². The number of thiocarbonyl (C=S) groups is 1. The Balaban J connectivity index is 2.06. The molecule has 5 nitrogen and oxygen atoms in total. The van der Waals surface area contributed by atoms with Crippen molar-refractivity contribution < 1.29 is 14.7 Å². The van der Waals surface area contributed by atoms with Crippen LogP contribution >= 0.6 is 24.0 Å². The van der Waals surface area contributed by atoms with Crippen LogP contribution in [0, 0.1) is 13.8 Å². The smallest absolute Gasteiger partial charge is 0.337 e. The third-order valence-corrected chi connectivity index (χ3v) is 5.70. The zero-order valence-corrected chi connectivity index (χ0v) is 16.6. The summed E-state index contributed by atoms with van der Waals surface area (Å²) in [6, 6.07) is 8.80. The summed E-state index contributed by atoms with van der Waals surface area (Å²) in [6.45, 7) is 7.85. The molecule has 1 aliphatic heterocycles. The Morgan fingerprint density at radius 2 is 2.04 bits per heavy atom. The van der Waals surface area contributed by atoms with E-state index in [9.17, 15) is 14.7 Å². The molecule has 1 aliphatic rings. The second-order valence-electron chi connectivity index (χ2n) is 6.07. The van der Waals surface area contributed by atoms with E-state index >= 15 is 0 Å². The highest BCUT2D eigenvalue weighted by Gasteiger charge is 2.31. The van der Waals surface area contributed by atoms with Gasteiger partial charge < -0.3 is 9.67 Å². The molecule has 7 heteroatoms. The van der Waals surface area contributed by atoms with Gasteiger partial charge in [0.05, 0.1) is 16.2 Å². The highest BCUT2D eigenvalue weighted by molar-refractivity contribution is 8.26. The number of nitrogens with zero attached hydrogens (tertiary/aromatic N) is 2. The molecular weight excluding hydrogens is 380 g/mol. The number of benzene rings is 1. The highest BCUT2D eigenvalue weighted by atomic mass is 32.2. The van der Waals surface area contributed by atoms with Gasteiger partial charge in [-0.05, 0) is 43.7 Å². The van der Waals surface area contributed by atoms with Gasteiger partial charge in [-0.2, -0.15) is 0 Å². The Labute approximate surface area is 167 Å². The Kier molecular flexibility index (Phi) is 5.34. The summed E-state index contributed by atoms with van der Waals surface area (Å²) in [5.41, 5.74) is 3.41. The minimum atomic E-state index is -0.982. The molecule has 0 saturated carbocycles. The normalized spacial score (nSPS) is 15.6. The van der Waals surface area contributed by atoms with Crippen molar-refractivity contribution in [1.82, 2.24) is 9.47 Å². The maximum Gasteiger partial charge on any atom is 0.337 e. The van der Waals surface area contributed by atoms with E-state index in [1.807, 2.05) is 30.6 Å². The largest absolute Gasteiger partial charge is 0.478 e. The van der Waals surface area contributed by atoms with Crippen molar-refractivity contribution in [1.29, 1.82) is 0 Å². The molecule has 2 heterocycles. The second-order valence-corrected chi connectivity index (χ2v) is 7.74. The topological polar surface area (TPSA) is 62.5 Å². The Hall–Kier alpha value is -2.64. The fraction of sp³-hybridized carbons (Fsp3) is 0.150. The third-order valence-electron chi connectivity index (χ3n) is 4.32. The van der Waals surface area contributed by atoms with Crippen LogP contribution in [0.5, 0.6) is 0 Å². The third kappa shape index (κ3) is 3.48. The van der Waals surface area contributed by atoms with E-state index in [1.165, 1.54) is 16.7 Å². The molecule has 138 valence electrons. The molecule has 0 aliphatic carbocycles. The first-order valence-corrected chi connectivity index (χ1v) is 9.45. The molecule has 0 radical (unpaired) electrons. The number of thioether (sulfide) groups is 1. The summed E-state index contributed by atoms with van der Waals surface area (Å²) >= 11 is 6.53. The molecule has 1 aromatic carbocycles. The number of rotatable bonds is 5. The molecular formula is C20H18N2O3S2. The predicted molar refractivity (Wildman–Crippen MR) is 112 cm³/mol. The number of aryl methyl sites for hydroxylation is 1. The van der Waals surface area contributed by atoms with Gasteiger partial charge in [0.15, 0.2) is 0 Å². The molecule has 0 unspecified atom stereocenters. The lowest BCUT2D eigenvalue weighted by molar-refractivity contribution is -0.121. The Morgan fingerprint density at radius 3 is 2.70 bits per heavy atom. The number of hydrogen-bond acceptors (Lipinski definition) is 4. The van der Waals surface area contributed by atoms with Gasteiger partial charge in [0.1, 0.15) is 4.32 Å². The maximum atomic E-state index is 12.5. The first-order valence-electron chi connectivity index (χ1n) is 8.23. The van der Waals surface area contributed by atoms with Crippen LogP contribution < -0.4 is 0 Å². The van der Waals surface area contributed by atoms with E-state index in [0.717, 1.165) is 17.0 Å². The molecule has 3 rings (SSSR count). The minimum absolute atomic E-state index is 0.138. The van der Waals surface area contributed by atoms with Crippen molar-refractivity contribution >= 4 is 46.3 Å². The molecule has 0 bridgehead atoms. The number of amides is 1. The standard InChI is InChI=1S/C20H18N2O3S2/c1-4-9-21-18(23)17(27-20(21)26)11-14-10-12(2)22(13(14)3)16-8-6-5-7-15(16)19(24)25/h4-8,10-11H,1,9H2,2-3H3,(H,24,25)/b17-11-. The molecule has 0 atom stereocenters. The Bertz CT molecular complexity index is 1000. The zero-order valence-electron chi connectivity index (χ0n) is 14.9. The maximum absolute atomic E-state index is 12.5. The van der Waals surface area contributed by atoms with E-state index in [4.69, 9.17) is 12.2 Å². The van der Waals surface area contributed by atoms with Crippen LogP contribution in [0.3, 0.4) is 0 Å². The summed E-state index contributed by atoms with van der Waals surface area (Å²) in [7, 11) is 0. The zero-order chi connectivity index (χ0) is 19.7. The lowest BCUT2D eigenvalue weighted by Crippen LogP contribution is -2.27. The lowest BCUT2D eigenvalue weighted by Gasteiger charge is -2.12. The van der Waals surface area contributed by atoms with Crippen LogP contribution in [-0.4, -0.2) is 37.3 Å². The fourth-order valence-electron chi connectivity index (χ4n) is 3.08.